The number of rotatable bonds is 9. The SMILES string of the molecule is CC(=O)N(CCC(=O)Nc1ccc(CCN2CCN(C)CC2)cc1)Cc1ccccc1. The molecule has 6 heteroatoms. The van der Waals surface area contributed by atoms with Gasteiger partial charge in [0.25, 0.3) is 0 Å². The van der Waals surface area contributed by atoms with E-state index in [9.17, 15) is 9.59 Å². The molecule has 0 unspecified atom stereocenters. The molecular weight excluding hydrogens is 388 g/mol. The summed E-state index contributed by atoms with van der Waals surface area (Å²) in [6.07, 6.45) is 1.29. The molecule has 1 N–H and O–H groups in total. The van der Waals surface area contributed by atoms with E-state index in [4.69, 9.17) is 0 Å². The van der Waals surface area contributed by atoms with E-state index in [1.54, 1.807) is 11.8 Å². The molecule has 1 heterocycles. The van der Waals surface area contributed by atoms with Crippen molar-refractivity contribution in [1.82, 2.24) is 14.7 Å². The van der Waals surface area contributed by atoms with Crippen molar-refractivity contribution < 1.29 is 9.59 Å². The van der Waals surface area contributed by atoms with Gasteiger partial charge in [-0.3, -0.25) is 9.59 Å². The number of carbonyl (C=O) groups is 2. The Kier molecular flexibility index (Phi) is 8.62. The van der Waals surface area contributed by atoms with Crippen LogP contribution in [-0.2, 0) is 22.6 Å². The van der Waals surface area contributed by atoms with Crippen molar-refractivity contribution in [2.75, 3.05) is 51.6 Å². The van der Waals surface area contributed by atoms with Gasteiger partial charge in [-0.05, 0) is 36.7 Å². The lowest BCUT2D eigenvalue weighted by atomic mass is 10.1. The van der Waals surface area contributed by atoms with Gasteiger partial charge in [0.05, 0.1) is 0 Å². The van der Waals surface area contributed by atoms with Gasteiger partial charge in [0.15, 0.2) is 0 Å². The first-order chi connectivity index (χ1) is 15.0. The summed E-state index contributed by atoms with van der Waals surface area (Å²) in [6, 6.07) is 17.9. The molecule has 0 atom stereocenters. The summed E-state index contributed by atoms with van der Waals surface area (Å²) in [6.45, 7) is 8.07. The van der Waals surface area contributed by atoms with Crippen LogP contribution in [0.15, 0.2) is 54.6 Å². The van der Waals surface area contributed by atoms with Gasteiger partial charge in [0.2, 0.25) is 11.8 Å². The Morgan fingerprint density at radius 1 is 0.935 bits per heavy atom. The van der Waals surface area contributed by atoms with Gasteiger partial charge in [-0.1, -0.05) is 42.5 Å². The number of amides is 2. The number of piperazine rings is 1. The molecule has 0 radical (unpaired) electrons. The fourth-order valence-electron chi connectivity index (χ4n) is 3.73. The molecule has 0 spiro atoms. The minimum atomic E-state index is -0.0792. The Bertz CT molecular complexity index is 830. The van der Waals surface area contributed by atoms with Crippen LogP contribution in [0.5, 0.6) is 0 Å². The third-order valence-corrected chi connectivity index (χ3v) is 5.82. The fraction of sp³-hybridized carbons (Fsp3) is 0.440. The van der Waals surface area contributed by atoms with Crippen LogP contribution in [-0.4, -0.2) is 72.8 Å². The average Bonchev–Trinajstić information content (AvgIpc) is 2.78. The first-order valence-electron chi connectivity index (χ1n) is 11.1. The number of benzene rings is 2. The molecule has 1 fully saturated rings. The number of nitrogens with one attached hydrogen (secondary N) is 1. The van der Waals surface area contributed by atoms with Crippen molar-refractivity contribution in [3.63, 3.8) is 0 Å². The standard InChI is InChI=1S/C25H34N4O2/c1-21(30)29(20-23-6-4-3-5-7-23)15-13-25(31)26-24-10-8-22(9-11-24)12-14-28-18-16-27(2)17-19-28/h3-11H,12-20H2,1-2H3,(H,26,31). The van der Waals surface area contributed by atoms with Gasteiger partial charge >= 0.3 is 0 Å². The van der Waals surface area contributed by atoms with Crippen LogP contribution in [0.4, 0.5) is 5.69 Å². The molecule has 0 saturated carbocycles. The van der Waals surface area contributed by atoms with E-state index in [0.717, 1.165) is 50.4 Å². The van der Waals surface area contributed by atoms with Gasteiger partial charge < -0.3 is 20.0 Å². The van der Waals surface area contributed by atoms with Crippen molar-refractivity contribution >= 4 is 17.5 Å². The lowest BCUT2D eigenvalue weighted by molar-refractivity contribution is -0.129. The molecule has 31 heavy (non-hydrogen) atoms. The second-order valence-corrected chi connectivity index (χ2v) is 8.32. The Morgan fingerprint density at radius 3 is 2.26 bits per heavy atom. The highest BCUT2D eigenvalue weighted by molar-refractivity contribution is 5.91. The molecule has 3 rings (SSSR count). The van der Waals surface area contributed by atoms with E-state index >= 15 is 0 Å². The zero-order valence-corrected chi connectivity index (χ0v) is 18.7. The average molecular weight is 423 g/mol. The molecule has 0 aromatic heterocycles. The van der Waals surface area contributed by atoms with E-state index in [0.29, 0.717) is 13.1 Å². The fourth-order valence-corrected chi connectivity index (χ4v) is 3.73. The van der Waals surface area contributed by atoms with E-state index in [1.807, 2.05) is 42.5 Å². The van der Waals surface area contributed by atoms with Gasteiger partial charge in [-0.2, -0.15) is 0 Å². The van der Waals surface area contributed by atoms with Crippen molar-refractivity contribution in [1.29, 1.82) is 0 Å². The molecule has 2 aromatic carbocycles. The topological polar surface area (TPSA) is 55.9 Å². The van der Waals surface area contributed by atoms with Crippen molar-refractivity contribution in [2.24, 2.45) is 0 Å². The maximum atomic E-state index is 12.4. The van der Waals surface area contributed by atoms with E-state index in [-0.39, 0.29) is 18.2 Å². The quantitative estimate of drug-likeness (QED) is 0.675. The molecule has 2 aromatic rings. The third-order valence-electron chi connectivity index (χ3n) is 5.82. The molecule has 1 aliphatic rings. The Morgan fingerprint density at radius 2 is 1.61 bits per heavy atom. The zero-order valence-electron chi connectivity index (χ0n) is 18.7. The Balaban J connectivity index is 1.41. The van der Waals surface area contributed by atoms with E-state index < -0.39 is 0 Å². The van der Waals surface area contributed by atoms with Crippen LogP contribution in [0.3, 0.4) is 0 Å². The summed E-state index contributed by atoms with van der Waals surface area (Å²) in [5.74, 6) is -0.106. The summed E-state index contributed by atoms with van der Waals surface area (Å²) in [4.78, 5) is 30.9. The van der Waals surface area contributed by atoms with Gasteiger partial charge in [0, 0.05) is 64.8 Å². The predicted molar refractivity (Wildman–Crippen MR) is 125 cm³/mol. The summed E-state index contributed by atoms with van der Waals surface area (Å²) < 4.78 is 0. The lowest BCUT2D eigenvalue weighted by Gasteiger charge is -2.32. The number of anilines is 1. The Labute approximate surface area is 185 Å². The molecule has 0 aliphatic carbocycles. The molecule has 6 nitrogen and oxygen atoms in total. The lowest BCUT2D eigenvalue weighted by Crippen LogP contribution is -2.45. The normalized spacial score (nSPS) is 14.9. The number of hydrogen-bond donors (Lipinski definition) is 1. The molecule has 1 saturated heterocycles. The predicted octanol–water partition coefficient (Wildman–Crippen LogP) is 2.85. The highest BCUT2D eigenvalue weighted by Gasteiger charge is 2.14. The maximum Gasteiger partial charge on any atom is 0.226 e. The minimum absolute atomic E-state index is 0.0265. The summed E-state index contributed by atoms with van der Waals surface area (Å²) in [7, 11) is 2.17. The molecule has 0 bridgehead atoms. The van der Waals surface area contributed by atoms with E-state index in [1.165, 1.54) is 5.56 Å². The summed E-state index contributed by atoms with van der Waals surface area (Å²) in [5.41, 5.74) is 3.14. The highest BCUT2D eigenvalue weighted by atomic mass is 16.2. The number of likely N-dealkylation sites (N-methyl/N-ethyl adjacent to an activating group) is 1. The first kappa shape index (κ1) is 23.0. The van der Waals surface area contributed by atoms with Crippen molar-refractivity contribution in [3.8, 4) is 0 Å². The maximum absolute atomic E-state index is 12.4. The van der Waals surface area contributed by atoms with Gasteiger partial charge in [-0.15, -0.1) is 0 Å². The minimum Gasteiger partial charge on any atom is -0.338 e. The van der Waals surface area contributed by atoms with Gasteiger partial charge in [-0.25, -0.2) is 0 Å². The van der Waals surface area contributed by atoms with Crippen molar-refractivity contribution in [3.05, 3.63) is 65.7 Å². The summed E-state index contributed by atoms with van der Waals surface area (Å²) in [5, 5.41) is 2.94. The zero-order chi connectivity index (χ0) is 22.1. The first-order valence-corrected chi connectivity index (χ1v) is 11.1. The number of nitrogens with zero attached hydrogens (tertiary/aromatic N) is 3. The highest BCUT2D eigenvalue weighted by Crippen LogP contribution is 2.12. The molecule has 2 amide bonds. The van der Waals surface area contributed by atoms with E-state index in [2.05, 4.69) is 34.3 Å². The van der Waals surface area contributed by atoms with Crippen LogP contribution in [0, 0.1) is 0 Å². The van der Waals surface area contributed by atoms with Crippen LogP contribution >= 0.6 is 0 Å². The van der Waals surface area contributed by atoms with Crippen LogP contribution < -0.4 is 5.32 Å². The molecular formula is C25H34N4O2. The van der Waals surface area contributed by atoms with Crippen LogP contribution in [0.1, 0.15) is 24.5 Å². The molecule has 1 aliphatic heterocycles. The van der Waals surface area contributed by atoms with Gasteiger partial charge in [0.1, 0.15) is 0 Å². The Hall–Kier alpha value is -2.70. The number of hydrogen-bond acceptors (Lipinski definition) is 4. The van der Waals surface area contributed by atoms with Crippen molar-refractivity contribution in [2.45, 2.75) is 26.3 Å². The summed E-state index contributed by atoms with van der Waals surface area (Å²) >= 11 is 0. The monoisotopic (exact) mass is 422 g/mol. The molecule has 166 valence electrons. The third kappa shape index (κ3) is 7.81. The van der Waals surface area contributed by atoms with Crippen LogP contribution in [0.25, 0.3) is 0 Å². The number of carbonyl (C=O) groups excluding carboxylic acids is 2. The largest absolute Gasteiger partial charge is 0.338 e. The van der Waals surface area contributed by atoms with Crippen LogP contribution in [0.2, 0.25) is 0 Å². The smallest absolute Gasteiger partial charge is 0.226 e. The second-order valence-electron chi connectivity index (χ2n) is 8.32. The second kappa shape index (κ2) is 11.6.